The Hall–Kier alpha value is -1.18. The summed E-state index contributed by atoms with van der Waals surface area (Å²) in [4.78, 5) is 1.23. The molecule has 0 atom stereocenters. The molecule has 0 saturated heterocycles. The van der Waals surface area contributed by atoms with Gasteiger partial charge in [-0.15, -0.1) is 0 Å². The fourth-order valence-electron chi connectivity index (χ4n) is 1.26. The molecule has 0 aliphatic carbocycles. The first kappa shape index (κ1) is 10.3. The smallest absolute Gasteiger partial charge is 0.143 e. The van der Waals surface area contributed by atoms with Crippen LogP contribution in [0.2, 0.25) is 5.02 Å². The van der Waals surface area contributed by atoms with E-state index in [0.717, 1.165) is 11.4 Å². The number of thioether (sulfide) groups is 1. The van der Waals surface area contributed by atoms with E-state index in [4.69, 9.17) is 16.9 Å². The van der Waals surface area contributed by atoms with Crippen molar-refractivity contribution in [3.8, 4) is 6.07 Å². The summed E-state index contributed by atoms with van der Waals surface area (Å²) in [5, 5.41) is 11.9. The number of hydrogen-bond acceptors (Lipinski definition) is 3. The Morgan fingerprint density at radius 3 is 2.93 bits per heavy atom. The van der Waals surface area contributed by atoms with Crippen molar-refractivity contribution >= 4 is 29.1 Å². The van der Waals surface area contributed by atoms with Gasteiger partial charge >= 0.3 is 0 Å². The van der Waals surface area contributed by atoms with Gasteiger partial charge < -0.3 is 5.32 Å². The van der Waals surface area contributed by atoms with Crippen LogP contribution in [0, 0.1) is 17.1 Å². The van der Waals surface area contributed by atoms with E-state index >= 15 is 0 Å². The van der Waals surface area contributed by atoms with Crippen molar-refractivity contribution in [1.29, 1.82) is 5.26 Å². The molecule has 0 saturated carbocycles. The molecule has 76 valence electrons. The van der Waals surface area contributed by atoms with Gasteiger partial charge in [0.2, 0.25) is 0 Å². The van der Waals surface area contributed by atoms with Gasteiger partial charge in [-0.3, -0.25) is 0 Å². The summed E-state index contributed by atoms with van der Waals surface area (Å²) in [7, 11) is 0. The minimum Gasteiger partial charge on any atom is -0.357 e. The number of nitriles is 1. The maximum absolute atomic E-state index is 13.2. The Balaban J connectivity index is 2.50. The average molecular weight is 241 g/mol. The lowest BCUT2D eigenvalue weighted by Gasteiger charge is -2.18. The molecule has 1 N–H and O–H groups in total. The van der Waals surface area contributed by atoms with E-state index < -0.39 is 5.82 Å². The summed E-state index contributed by atoms with van der Waals surface area (Å²) in [6.07, 6.45) is 0. The van der Waals surface area contributed by atoms with E-state index in [-0.39, 0.29) is 5.02 Å². The van der Waals surface area contributed by atoms with Gasteiger partial charge in [0.15, 0.2) is 0 Å². The van der Waals surface area contributed by atoms with Crippen molar-refractivity contribution in [2.45, 2.75) is 11.8 Å². The molecule has 2 rings (SSSR count). The van der Waals surface area contributed by atoms with Crippen LogP contribution in [0.5, 0.6) is 0 Å². The zero-order valence-electron chi connectivity index (χ0n) is 7.77. The van der Waals surface area contributed by atoms with Gasteiger partial charge in [-0.1, -0.05) is 23.4 Å². The van der Waals surface area contributed by atoms with Gasteiger partial charge in [0.1, 0.15) is 16.8 Å². The highest BCUT2D eigenvalue weighted by molar-refractivity contribution is 8.03. The molecule has 1 aliphatic rings. The molecular formula is C10H6ClFN2S. The fourth-order valence-corrected chi connectivity index (χ4v) is 2.28. The summed E-state index contributed by atoms with van der Waals surface area (Å²) in [6.45, 7) is 1.80. The maximum atomic E-state index is 13.2. The van der Waals surface area contributed by atoms with Crippen LogP contribution in [0.1, 0.15) is 6.92 Å². The van der Waals surface area contributed by atoms with Crippen molar-refractivity contribution in [3.63, 3.8) is 0 Å². The van der Waals surface area contributed by atoms with Crippen LogP contribution in [-0.2, 0) is 0 Å². The van der Waals surface area contributed by atoms with Crippen molar-refractivity contribution in [1.82, 2.24) is 0 Å². The van der Waals surface area contributed by atoms with Gasteiger partial charge in [-0.25, -0.2) is 4.39 Å². The third-order valence-corrected chi connectivity index (χ3v) is 3.45. The van der Waals surface area contributed by atoms with Crippen LogP contribution in [0.25, 0.3) is 0 Å². The van der Waals surface area contributed by atoms with Gasteiger partial charge in [0, 0.05) is 10.6 Å². The second-order valence-electron chi connectivity index (χ2n) is 3.06. The number of allylic oxidation sites excluding steroid dienone is 2. The Labute approximate surface area is 95.7 Å². The van der Waals surface area contributed by atoms with Crippen LogP contribution < -0.4 is 5.32 Å². The zero-order chi connectivity index (χ0) is 11.0. The number of nitrogens with zero attached hydrogens (tertiary/aromatic N) is 1. The highest BCUT2D eigenvalue weighted by atomic mass is 35.5. The number of halogens is 2. The number of hydrogen-bond donors (Lipinski definition) is 1. The summed E-state index contributed by atoms with van der Waals surface area (Å²) in [5.41, 5.74) is 1.50. The summed E-state index contributed by atoms with van der Waals surface area (Å²) >= 11 is 6.90. The van der Waals surface area contributed by atoms with E-state index in [1.165, 1.54) is 23.9 Å². The van der Waals surface area contributed by atoms with Crippen LogP contribution in [0.15, 0.2) is 27.6 Å². The second-order valence-corrected chi connectivity index (χ2v) is 4.51. The predicted octanol–water partition coefficient (Wildman–Crippen LogP) is 3.75. The molecule has 0 radical (unpaired) electrons. The topological polar surface area (TPSA) is 35.8 Å². The third kappa shape index (κ3) is 1.81. The highest BCUT2D eigenvalue weighted by Crippen LogP contribution is 2.41. The number of nitrogens with one attached hydrogen (secondary N) is 1. The maximum Gasteiger partial charge on any atom is 0.143 e. The molecule has 1 aliphatic heterocycles. The zero-order valence-corrected chi connectivity index (χ0v) is 9.34. The van der Waals surface area contributed by atoms with E-state index in [0.29, 0.717) is 9.80 Å². The SMILES string of the molecule is CC1=C(C#N)Sc2cc(F)c(Cl)cc2N1. The van der Waals surface area contributed by atoms with Gasteiger partial charge in [-0.2, -0.15) is 5.26 Å². The predicted molar refractivity (Wildman–Crippen MR) is 59.2 cm³/mol. The molecule has 5 heteroatoms. The molecule has 1 aromatic rings. The van der Waals surface area contributed by atoms with Crippen molar-refractivity contribution in [2.24, 2.45) is 0 Å². The molecule has 2 nitrogen and oxygen atoms in total. The van der Waals surface area contributed by atoms with E-state index in [1.54, 1.807) is 6.92 Å². The first-order valence-electron chi connectivity index (χ1n) is 4.16. The summed E-state index contributed by atoms with van der Waals surface area (Å²) in [6, 6.07) is 4.91. The molecule has 0 amide bonds. The van der Waals surface area contributed by atoms with Gasteiger partial charge in [-0.05, 0) is 19.1 Å². The second kappa shape index (κ2) is 3.76. The normalized spacial score (nSPS) is 14.3. The Morgan fingerprint density at radius 2 is 2.27 bits per heavy atom. The molecule has 0 bridgehead atoms. The molecule has 15 heavy (non-hydrogen) atoms. The summed E-state index contributed by atoms with van der Waals surface area (Å²) in [5.74, 6) is -0.471. The number of fused-ring (bicyclic) bond motifs is 1. The lowest BCUT2D eigenvalue weighted by molar-refractivity contribution is 0.625. The van der Waals surface area contributed by atoms with Crippen LogP contribution in [0.4, 0.5) is 10.1 Å². The van der Waals surface area contributed by atoms with E-state index in [2.05, 4.69) is 11.4 Å². The van der Waals surface area contributed by atoms with Crippen LogP contribution >= 0.6 is 23.4 Å². The Kier molecular flexibility index (Phi) is 2.59. The molecular weight excluding hydrogens is 235 g/mol. The van der Waals surface area contributed by atoms with Crippen LogP contribution in [0.3, 0.4) is 0 Å². The number of rotatable bonds is 0. The highest BCUT2D eigenvalue weighted by Gasteiger charge is 2.17. The summed E-state index contributed by atoms with van der Waals surface area (Å²) < 4.78 is 13.2. The number of anilines is 1. The standard InChI is InChI=1S/C10H6ClFN2S/c1-5-10(4-13)15-9-3-7(12)6(11)2-8(9)14-5/h2-3,14H,1H3. The van der Waals surface area contributed by atoms with Crippen molar-refractivity contribution in [2.75, 3.05) is 5.32 Å². The Morgan fingerprint density at radius 1 is 1.53 bits per heavy atom. The minimum absolute atomic E-state index is 0.0788. The molecule has 0 aromatic heterocycles. The quantitative estimate of drug-likeness (QED) is 0.750. The fraction of sp³-hybridized carbons (Fsp3) is 0.100. The molecule has 0 unspecified atom stereocenters. The van der Waals surface area contributed by atoms with Gasteiger partial charge in [0.05, 0.1) is 10.7 Å². The molecule has 1 heterocycles. The Bertz CT molecular complexity index is 505. The largest absolute Gasteiger partial charge is 0.357 e. The number of benzene rings is 1. The first-order valence-corrected chi connectivity index (χ1v) is 5.36. The molecule has 1 aromatic carbocycles. The minimum atomic E-state index is -0.471. The first-order chi connectivity index (χ1) is 7.11. The molecule has 0 spiro atoms. The third-order valence-electron chi connectivity index (χ3n) is 2.00. The van der Waals surface area contributed by atoms with Crippen LogP contribution in [-0.4, -0.2) is 0 Å². The van der Waals surface area contributed by atoms with Gasteiger partial charge in [0.25, 0.3) is 0 Å². The lowest BCUT2D eigenvalue weighted by Crippen LogP contribution is -2.04. The average Bonchev–Trinajstić information content (AvgIpc) is 2.20. The van der Waals surface area contributed by atoms with E-state index in [9.17, 15) is 4.39 Å². The monoisotopic (exact) mass is 240 g/mol. The van der Waals surface area contributed by atoms with Crippen molar-refractivity contribution < 1.29 is 4.39 Å². The molecule has 0 fully saturated rings. The van der Waals surface area contributed by atoms with E-state index in [1.807, 2.05) is 0 Å². The lowest BCUT2D eigenvalue weighted by atomic mass is 10.3. The van der Waals surface area contributed by atoms with Crippen molar-refractivity contribution in [3.05, 3.63) is 33.6 Å².